The van der Waals surface area contributed by atoms with Gasteiger partial charge in [0.2, 0.25) is 0 Å². The predicted octanol–water partition coefficient (Wildman–Crippen LogP) is 3.88. The SMILES string of the molecule is CC(CNC(=O)c1cc(OCCC(F)(F)F)c2ccccc2n1)Oc1ccc(C(=O)NO)cc1. The number of ether oxygens (including phenoxy) is 2. The summed E-state index contributed by atoms with van der Waals surface area (Å²) in [5.41, 5.74) is 2.18. The van der Waals surface area contributed by atoms with Crippen molar-refractivity contribution in [2.45, 2.75) is 25.6 Å². The van der Waals surface area contributed by atoms with Crippen molar-refractivity contribution in [2.24, 2.45) is 0 Å². The third-order valence-electron chi connectivity index (χ3n) is 4.66. The Morgan fingerprint density at radius 3 is 2.47 bits per heavy atom. The van der Waals surface area contributed by atoms with Crippen molar-refractivity contribution < 1.29 is 37.4 Å². The molecule has 0 aliphatic heterocycles. The zero-order valence-corrected chi connectivity index (χ0v) is 18.1. The molecule has 11 heteroatoms. The molecule has 34 heavy (non-hydrogen) atoms. The van der Waals surface area contributed by atoms with Gasteiger partial charge in [0.1, 0.15) is 23.3 Å². The molecule has 180 valence electrons. The summed E-state index contributed by atoms with van der Waals surface area (Å²) in [6, 6.07) is 14.0. The van der Waals surface area contributed by atoms with E-state index in [1.54, 1.807) is 43.3 Å². The molecule has 0 aliphatic rings. The summed E-state index contributed by atoms with van der Waals surface area (Å²) >= 11 is 0. The van der Waals surface area contributed by atoms with E-state index in [2.05, 4.69) is 10.3 Å². The van der Waals surface area contributed by atoms with Gasteiger partial charge in [0, 0.05) is 17.0 Å². The molecule has 3 N–H and O–H groups in total. The number of carbonyl (C=O) groups is 2. The first-order chi connectivity index (χ1) is 16.2. The number of alkyl halides is 3. The van der Waals surface area contributed by atoms with Crippen molar-refractivity contribution >= 4 is 22.7 Å². The van der Waals surface area contributed by atoms with Crippen molar-refractivity contribution in [2.75, 3.05) is 13.2 Å². The number of carbonyl (C=O) groups excluding carboxylic acids is 2. The molecule has 0 radical (unpaired) electrons. The molecule has 0 fully saturated rings. The largest absolute Gasteiger partial charge is 0.492 e. The lowest BCUT2D eigenvalue weighted by atomic mass is 10.1. The van der Waals surface area contributed by atoms with Crippen molar-refractivity contribution in [3.63, 3.8) is 0 Å². The van der Waals surface area contributed by atoms with Crippen LogP contribution in [0.15, 0.2) is 54.6 Å². The summed E-state index contributed by atoms with van der Waals surface area (Å²) in [6.45, 7) is 1.24. The number of hydrogen-bond donors (Lipinski definition) is 3. The Balaban J connectivity index is 1.64. The molecular formula is C23H22F3N3O5. The van der Waals surface area contributed by atoms with Gasteiger partial charge in [-0.3, -0.25) is 14.8 Å². The van der Waals surface area contributed by atoms with Gasteiger partial charge in [0.05, 0.1) is 25.1 Å². The first-order valence-electron chi connectivity index (χ1n) is 10.2. The molecule has 8 nitrogen and oxygen atoms in total. The Hall–Kier alpha value is -3.86. The number of benzene rings is 2. The zero-order valence-electron chi connectivity index (χ0n) is 18.1. The highest BCUT2D eigenvalue weighted by Gasteiger charge is 2.27. The van der Waals surface area contributed by atoms with E-state index in [9.17, 15) is 22.8 Å². The third-order valence-corrected chi connectivity index (χ3v) is 4.66. The lowest BCUT2D eigenvalue weighted by molar-refractivity contribution is -0.139. The smallest absolute Gasteiger partial charge is 0.392 e. The second-order valence-electron chi connectivity index (χ2n) is 7.34. The molecule has 1 unspecified atom stereocenters. The summed E-state index contributed by atoms with van der Waals surface area (Å²) in [5, 5.41) is 11.8. The van der Waals surface area contributed by atoms with Crippen LogP contribution in [0.25, 0.3) is 10.9 Å². The number of hydrogen-bond acceptors (Lipinski definition) is 6. The minimum absolute atomic E-state index is 0.00715. The van der Waals surface area contributed by atoms with Crippen LogP contribution in [0.5, 0.6) is 11.5 Å². The topological polar surface area (TPSA) is 110 Å². The minimum Gasteiger partial charge on any atom is -0.492 e. The van der Waals surface area contributed by atoms with Crippen LogP contribution in [0.2, 0.25) is 0 Å². The summed E-state index contributed by atoms with van der Waals surface area (Å²) in [5.74, 6) is -0.620. The molecule has 1 heterocycles. The molecule has 3 rings (SSSR count). The van der Waals surface area contributed by atoms with E-state index >= 15 is 0 Å². The van der Waals surface area contributed by atoms with Crippen LogP contribution in [0.3, 0.4) is 0 Å². The Morgan fingerprint density at radius 2 is 1.79 bits per heavy atom. The number of nitrogens with one attached hydrogen (secondary N) is 2. The maximum Gasteiger partial charge on any atom is 0.392 e. The van der Waals surface area contributed by atoms with Gasteiger partial charge in [-0.15, -0.1) is 0 Å². The number of rotatable bonds is 9. The van der Waals surface area contributed by atoms with Crippen LogP contribution in [0.1, 0.15) is 34.2 Å². The van der Waals surface area contributed by atoms with Crippen molar-refractivity contribution in [1.29, 1.82) is 0 Å². The van der Waals surface area contributed by atoms with Gasteiger partial charge in [0.25, 0.3) is 11.8 Å². The Labute approximate surface area is 192 Å². The van der Waals surface area contributed by atoms with Crippen LogP contribution >= 0.6 is 0 Å². The van der Waals surface area contributed by atoms with Crippen LogP contribution in [-0.2, 0) is 0 Å². The highest BCUT2D eigenvalue weighted by Crippen LogP contribution is 2.27. The average molecular weight is 477 g/mol. The van der Waals surface area contributed by atoms with Crippen molar-refractivity contribution in [1.82, 2.24) is 15.8 Å². The van der Waals surface area contributed by atoms with E-state index in [1.165, 1.54) is 23.7 Å². The van der Waals surface area contributed by atoms with Crippen molar-refractivity contribution in [3.8, 4) is 11.5 Å². The Morgan fingerprint density at radius 1 is 1.09 bits per heavy atom. The predicted molar refractivity (Wildman–Crippen MR) is 116 cm³/mol. The van der Waals surface area contributed by atoms with Gasteiger partial charge in [-0.2, -0.15) is 13.2 Å². The van der Waals surface area contributed by atoms with E-state index in [4.69, 9.17) is 14.7 Å². The molecule has 1 aromatic heterocycles. The fraction of sp³-hybridized carbons (Fsp3) is 0.261. The molecule has 0 spiro atoms. The normalized spacial score (nSPS) is 12.1. The number of pyridine rings is 1. The monoisotopic (exact) mass is 477 g/mol. The second kappa shape index (κ2) is 10.8. The van der Waals surface area contributed by atoms with Crippen LogP contribution in [-0.4, -0.2) is 47.4 Å². The molecule has 2 aromatic carbocycles. The third kappa shape index (κ3) is 6.82. The standard InChI is InChI=1S/C23H22F3N3O5/c1-14(34-16-8-6-15(7-9-16)21(30)29-32)13-27-22(31)19-12-20(33-11-10-23(24,25)26)17-4-2-3-5-18(17)28-19/h2-9,12,14,32H,10-11,13H2,1H3,(H,27,31)(H,29,30). The average Bonchev–Trinajstić information content (AvgIpc) is 2.81. The Kier molecular flexibility index (Phi) is 7.90. The molecule has 1 atom stereocenters. The number of fused-ring (bicyclic) bond motifs is 1. The lowest BCUT2D eigenvalue weighted by Gasteiger charge is -2.16. The fourth-order valence-electron chi connectivity index (χ4n) is 3.01. The molecule has 2 amide bonds. The van der Waals surface area contributed by atoms with Crippen LogP contribution in [0, 0.1) is 0 Å². The maximum absolute atomic E-state index is 12.7. The highest BCUT2D eigenvalue weighted by atomic mass is 19.4. The molecule has 0 aliphatic carbocycles. The number of aromatic nitrogens is 1. The quantitative estimate of drug-likeness (QED) is 0.319. The number of nitrogens with zero attached hydrogens (tertiary/aromatic N) is 1. The van der Waals surface area contributed by atoms with E-state index in [0.717, 1.165) is 0 Å². The summed E-state index contributed by atoms with van der Waals surface area (Å²) in [4.78, 5) is 28.3. The van der Waals surface area contributed by atoms with Crippen molar-refractivity contribution in [3.05, 3.63) is 65.9 Å². The second-order valence-corrected chi connectivity index (χ2v) is 7.34. The fourth-order valence-corrected chi connectivity index (χ4v) is 3.01. The minimum atomic E-state index is -4.36. The molecule has 3 aromatic rings. The zero-order chi connectivity index (χ0) is 24.7. The van der Waals surface area contributed by atoms with Gasteiger partial charge in [-0.05, 0) is 43.3 Å². The van der Waals surface area contributed by atoms with E-state index in [0.29, 0.717) is 16.7 Å². The molecule has 0 saturated heterocycles. The summed E-state index contributed by atoms with van der Waals surface area (Å²) in [7, 11) is 0. The molecule has 0 bridgehead atoms. The van der Waals surface area contributed by atoms with E-state index in [1.807, 2.05) is 0 Å². The van der Waals surface area contributed by atoms with Crippen LogP contribution in [0.4, 0.5) is 13.2 Å². The number of para-hydroxylation sites is 1. The maximum atomic E-state index is 12.7. The van der Waals surface area contributed by atoms with E-state index in [-0.39, 0.29) is 23.6 Å². The van der Waals surface area contributed by atoms with Gasteiger partial charge in [0.15, 0.2) is 0 Å². The lowest BCUT2D eigenvalue weighted by Crippen LogP contribution is -2.34. The Bertz CT molecular complexity index is 1150. The molecule has 0 saturated carbocycles. The summed E-state index contributed by atoms with van der Waals surface area (Å²) in [6.07, 6.45) is -5.93. The first-order valence-corrected chi connectivity index (χ1v) is 10.2. The number of halogens is 3. The van der Waals surface area contributed by atoms with Crippen LogP contribution < -0.4 is 20.3 Å². The molecular weight excluding hydrogens is 455 g/mol. The highest BCUT2D eigenvalue weighted by molar-refractivity contribution is 5.97. The number of amides is 2. The summed E-state index contributed by atoms with van der Waals surface area (Å²) < 4.78 is 48.5. The van der Waals surface area contributed by atoms with Gasteiger partial charge in [-0.1, -0.05) is 12.1 Å². The van der Waals surface area contributed by atoms with Gasteiger partial charge < -0.3 is 14.8 Å². The number of hydroxylamine groups is 1. The van der Waals surface area contributed by atoms with Gasteiger partial charge in [-0.25, -0.2) is 10.5 Å². The van der Waals surface area contributed by atoms with Gasteiger partial charge >= 0.3 is 6.18 Å². The first kappa shape index (κ1) is 24.8. The van der Waals surface area contributed by atoms with E-state index < -0.39 is 37.1 Å².